The molecule has 0 unspecified atom stereocenters. The fraction of sp³-hybridized carbons (Fsp3) is 0.133. The summed E-state index contributed by atoms with van der Waals surface area (Å²) in [7, 11) is 0. The molecular weight excluding hydrogens is 418 g/mol. The number of benzene rings is 2. The molecule has 128 valence electrons. The van der Waals surface area contributed by atoms with E-state index in [0.717, 1.165) is 18.2 Å². The minimum atomic E-state index is -4.67. The first kappa shape index (κ1) is 18.5. The lowest BCUT2D eigenvalue weighted by Crippen LogP contribution is -2.22. The zero-order chi connectivity index (χ0) is 17.9. The maximum atomic E-state index is 12.9. The molecular formula is C15H9BrClF4NO2. The van der Waals surface area contributed by atoms with Crippen molar-refractivity contribution in [2.45, 2.75) is 6.18 Å². The zero-order valence-electron chi connectivity index (χ0n) is 11.8. The van der Waals surface area contributed by atoms with Crippen LogP contribution in [0.1, 0.15) is 5.56 Å². The molecule has 0 aliphatic carbocycles. The lowest BCUT2D eigenvalue weighted by Gasteiger charge is -2.14. The number of anilines is 1. The minimum absolute atomic E-state index is 0.105. The van der Waals surface area contributed by atoms with Crippen LogP contribution >= 0.6 is 27.5 Å². The van der Waals surface area contributed by atoms with Crippen LogP contribution < -0.4 is 10.1 Å². The first-order valence-corrected chi connectivity index (χ1v) is 7.58. The predicted molar refractivity (Wildman–Crippen MR) is 84.7 cm³/mol. The van der Waals surface area contributed by atoms with Gasteiger partial charge in [-0.05, 0) is 52.3 Å². The molecule has 9 heteroatoms. The van der Waals surface area contributed by atoms with Crippen LogP contribution in [0.5, 0.6) is 5.75 Å². The van der Waals surface area contributed by atoms with Crippen LogP contribution in [0.4, 0.5) is 23.2 Å². The lowest BCUT2D eigenvalue weighted by molar-refractivity contribution is -0.137. The Hall–Kier alpha value is -1.80. The standard InChI is InChI=1S/C15H9BrClF4NO2/c16-11-6-9(18)2-4-13(11)24-7-14(23)22-12-3-1-8(17)5-10(12)15(19,20)21/h1-6H,7H2,(H,22,23). The number of ether oxygens (including phenoxy) is 1. The SMILES string of the molecule is O=C(COc1ccc(F)cc1Br)Nc1ccc(Cl)cc1C(F)(F)F. The van der Waals surface area contributed by atoms with Gasteiger partial charge in [0, 0.05) is 5.02 Å². The van der Waals surface area contributed by atoms with Gasteiger partial charge in [-0.25, -0.2) is 4.39 Å². The van der Waals surface area contributed by atoms with Gasteiger partial charge < -0.3 is 10.1 Å². The molecule has 2 aromatic rings. The van der Waals surface area contributed by atoms with Gasteiger partial charge >= 0.3 is 6.18 Å². The van der Waals surface area contributed by atoms with Gasteiger partial charge in [-0.1, -0.05) is 11.6 Å². The van der Waals surface area contributed by atoms with Gasteiger partial charge in [-0.15, -0.1) is 0 Å². The van der Waals surface area contributed by atoms with Crippen molar-refractivity contribution < 1.29 is 27.1 Å². The highest BCUT2D eigenvalue weighted by Gasteiger charge is 2.34. The monoisotopic (exact) mass is 425 g/mol. The topological polar surface area (TPSA) is 38.3 Å². The average Bonchev–Trinajstić information content (AvgIpc) is 2.47. The Kier molecular flexibility index (Phi) is 5.71. The maximum absolute atomic E-state index is 12.9. The first-order chi connectivity index (χ1) is 11.2. The zero-order valence-corrected chi connectivity index (χ0v) is 14.1. The van der Waals surface area contributed by atoms with Gasteiger partial charge in [0.25, 0.3) is 5.91 Å². The van der Waals surface area contributed by atoms with Crippen molar-refractivity contribution in [1.82, 2.24) is 0 Å². The van der Waals surface area contributed by atoms with Gasteiger partial charge in [-0.3, -0.25) is 4.79 Å². The molecule has 24 heavy (non-hydrogen) atoms. The van der Waals surface area contributed by atoms with Crippen molar-refractivity contribution in [3.63, 3.8) is 0 Å². The summed E-state index contributed by atoms with van der Waals surface area (Å²) in [6.45, 7) is -0.551. The molecule has 2 rings (SSSR count). The predicted octanol–water partition coefficient (Wildman–Crippen LogP) is 5.28. The Morgan fingerprint density at radius 1 is 1.21 bits per heavy atom. The van der Waals surface area contributed by atoms with Crippen molar-refractivity contribution in [1.29, 1.82) is 0 Å². The molecule has 0 saturated carbocycles. The summed E-state index contributed by atoms with van der Waals surface area (Å²) in [5, 5.41) is 2.01. The maximum Gasteiger partial charge on any atom is 0.418 e. The molecule has 0 fully saturated rings. The Morgan fingerprint density at radius 2 is 1.92 bits per heavy atom. The van der Waals surface area contributed by atoms with Crippen LogP contribution in [0.3, 0.4) is 0 Å². The van der Waals surface area contributed by atoms with Crippen LogP contribution in [-0.2, 0) is 11.0 Å². The van der Waals surface area contributed by atoms with Crippen molar-refractivity contribution >= 4 is 39.1 Å². The number of carbonyl (C=O) groups excluding carboxylic acids is 1. The third kappa shape index (κ3) is 4.85. The Labute approximate surface area is 147 Å². The highest BCUT2D eigenvalue weighted by atomic mass is 79.9. The molecule has 0 spiro atoms. The smallest absolute Gasteiger partial charge is 0.418 e. The van der Waals surface area contributed by atoms with Crippen molar-refractivity contribution in [2.24, 2.45) is 0 Å². The highest BCUT2D eigenvalue weighted by molar-refractivity contribution is 9.10. The fourth-order valence-corrected chi connectivity index (χ4v) is 2.42. The lowest BCUT2D eigenvalue weighted by atomic mass is 10.1. The number of rotatable bonds is 4. The number of carbonyl (C=O) groups is 1. The van der Waals surface area contributed by atoms with E-state index < -0.39 is 35.8 Å². The average molecular weight is 427 g/mol. The van der Waals surface area contributed by atoms with E-state index >= 15 is 0 Å². The number of hydrogen-bond acceptors (Lipinski definition) is 2. The highest BCUT2D eigenvalue weighted by Crippen LogP contribution is 2.36. The van der Waals surface area contributed by atoms with Crippen LogP contribution in [0.25, 0.3) is 0 Å². The third-order valence-electron chi connectivity index (χ3n) is 2.81. The van der Waals surface area contributed by atoms with E-state index in [1.165, 1.54) is 12.1 Å². The quantitative estimate of drug-likeness (QED) is 0.676. The number of alkyl halides is 3. The summed E-state index contributed by atoms with van der Waals surface area (Å²) < 4.78 is 57.2. The molecule has 0 saturated heterocycles. The molecule has 2 aromatic carbocycles. The van der Waals surface area contributed by atoms with Gasteiger partial charge in [0.15, 0.2) is 6.61 Å². The molecule has 0 radical (unpaired) electrons. The van der Waals surface area contributed by atoms with Gasteiger partial charge in [0.1, 0.15) is 11.6 Å². The summed E-state index contributed by atoms with van der Waals surface area (Å²) in [4.78, 5) is 11.8. The summed E-state index contributed by atoms with van der Waals surface area (Å²) >= 11 is 8.61. The Bertz CT molecular complexity index is 768. The van der Waals surface area contributed by atoms with Crippen molar-refractivity contribution in [3.8, 4) is 5.75 Å². The van der Waals surface area contributed by atoms with E-state index in [1.807, 2.05) is 0 Å². The second-order valence-corrected chi connectivity index (χ2v) is 5.89. The van der Waals surface area contributed by atoms with Crippen LogP contribution in [0.15, 0.2) is 40.9 Å². The molecule has 0 heterocycles. The molecule has 1 N–H and O–H groups in total. The van der Waals surface area contributed by atoms with E-state index in [0.29, 0.717) is 6.07 Å². The van der Waals surface area contributed by atoms with E-state index in [4.69, 9.17) is 16.3 Å². The molecule has 3 nitrogen and oxygen atoms in total. The fourth-order valence-electron chi connectivity index (χ4n) is 1.78. The first-order valence-electron chi connectivity index (χ1n) is 6.41. The van der Waals surface area contributed by atoms with E-state index in [9.17, 15) is 22.4 Å². The van der Waals surface area contributed by atoms with Gasteiger partial charge in [0.2, 0.25) is 0 Å². The number of nitrogens with one attached hydrogen (secondary N) is 1. The van der Waals surface area contributed by atoms with Crippen molar-refractivity contribution in [2.75, 3.05) is 11.9 Å². The third-order valence-corrected chi connectivity index (χ3v) is 3.67. The van der Waals surface area contributed by atoms with Gasteiger partial charge in [-0.2, -0.15) is 13.2 Å². The van der Waals surface area contributed by atoms with Crippen LogP contribution in [-0.4, -0.2) is 12.5 Å². The van der Waals surface area contributed by atoms with Crippen LogP contribution in [0.2, 0.25) is 5.02 Å². The number of halogens is 6. The molecule has 0 bridgehead atoms. The number of amides is 1. The Morgan fingerprint density at radius 3 is 2.54 bits per heavy atom. The molecule has 0 atom stereocenters. The minimum Gasteiger partial charge on any atom is -0.483 e. The molecule has 0 aromatic heterocycles. The van der Waals surface area contributed by atoms with E-state index in [-0.39, 0.29) is 15.2 Å². The summed E-state index contributed by atoms with van der Waals surface area (Å²) in [6.07, 6.45) is -4.67. The van der Waals surface area contributed by atoms with Gasteiger partial charge in [0.05, 0.1) is 15.7 Å². The summed E-state index contributed by atoms with van der Waals surface area (Å²) in [6, 6.07) is 6.54. The van der Waals surface area contributed by atoms with Crippen LogP contribution in [0, 0.1) is 5.82 Å². The Balaban J connectivity index is 2.08. The molecule has 0 aliphatic rings. The second-order valence-electron chi connectivity index (χ2n) is 4.60. The normalized spacial score (nSPS) is 11.2. The second kappa shape index (κ2) is 7.40. The number of hydrogen-bond donors (Lipinski definition) is 1. The summed E-state index contributed by atoms with van der Waals surface area (Å²) in [5.74, 6) is -1.13. The molecule has 0 aliphatic heterocycles. The van der Waals surface area contributed by atoms with E-state index in [1.54, 1.807) is 0 Å². The molecule has 1 amide bonds. The summed E-state index contributed by atoms with van der Waals surface area (Å²) in [5.41, 5.74) is -1.50. The largest absolute Gasteiger partial charge is 0.483 e. The van der Waals surface area contributed by atoms with Crippen molar-refractivity contribution in [3.05, 3.63) is 57.3 Å². The van der Waals surface area contributed by atoms with E-state index in [2.05, 4.69) is 21.2 Å².